The highest BCUT2D eigenvalue weighted by atomic mass is 16.5. The summed E-state index contributed by atoms with van der Waals surface area (Å²) in [4.78, 5) is 26.3. The van der Waals surface area contributed by atoms with Gasteiger partial charge in [-0.05, 0) is 31.5 Å². The smallest absolute Gasteiger partial charge is 0.340 e. The molecule has 0 saturated carbocycles. The van der Waals surface area contributed by atoms with Crippen molar-refractivity contribution in [2.75, 3.05) is 13.2 Å². The molecule has 0 saturated heterocycles. The van der Waals surface area contributed by atoms with Crippen molar-refractivity contribution in [3.63, 3.8) is 0 Å². The number of esters is 1. The van der Waals surface area contributed by atoms with Gasteiger partial charge in [0, 0.05) is 19.3 Å². The molecule has 26 heavy (non-hydrogen) atoms. The fraction of sp³-hybridized carbons (Fsp3) is 0.263. The van der Waals surface area contributed by atoms with Crippen molar-refractivity contribution in [2.24, 2.45) is 0 Å². The molecule has 0 unspecified atom stereocenters. The monoisotopic (exact) mass is 352 g/mol. The Labute approximate surface area is 151 Å². The van der Waals surface area contributed by atoms with E-state index in [0.717, 1.165) is 5.56 Å². The number of hydrogen-bond acceptors (Lipinski definition) is 5. The lowest BCUT2D eigenvalue weighted by atomic mass is 10.2. The fourth-order valence-corrected chi connectivity index (χ4v) is 2.61. The lowest BCUT2D eigenvalue weighted by molar-refractivity contribution is -0.134. The van der Waals surface area contributed by atoms with Crippen molar-refractivity contribution in [3.8, 4) is 0 Å². The molecule has 0 spiro atoms. The van der Waals surface area contributed by atoms with Crippen LogP contribution in [-0.4, -0.2) is 44.5 Å². The highest BCUT2D eigenvalue weighted by Gasteiger charge is 2.16. The molecule has 0 bridgehead atoms. The molecule has 7 heteroatoms. The molecule has 1 aromatic carbocycles. The number of amides is 1. The average molecular weight is 352 g/mol. The van der Waals surface area contributed by atoms with Crippen LogP contribution in [0.3, 0.4) is 0 Å². The first-order valence-corrected chi connectivity index (χ1v) is 8.38. The number of hydrogen-bond donors (Lipinski definition) is 0. The van der Waals surface area contributed by atoms with Gasteiger partial charge in [-0.15, -0.1) is 10.2 Å². The van der Waals surface area contributed by atoms with Crippen LogP contribution >= 0.6 is 0 Å². The molecule has 0 atom stereocenters. The first kappa shape index (κ1) is 17.6. The van der Waals surface area contributed by atoms with Crippen molar-refractivity contribution < 1.29 is 14.3 Å². The van der Waals surface area contributed by atoms with Crippen LogP contribution in [0.25, 0.3) is 5.65 Å². The van der Waals surface area contributed by atoms with Gasteiger partial charge in [-0.25, -0.2) is 4.79 Å². The van der Waals surface area contributed by atoms with Crippen molar-refractivity contribution in [1.29, 1.82) is 0 Å². The summed E-state index contributed by atoms with van der Waals surface area (Å²) in [5, 5.41) is 7.91. The summed E-state index contributed by atoms with van der Waals surface area (Å²) in [5.74, 6) is -0.110. The van der Waals surface area contributed by atoms with Crippen LogP contribution in [0, 0.1) is 6.92 Å². The Morgan fingerprint density at radius 2 is 1.88 bits per heavy atom. The highest BCUT2D eigenvalue weighted by Crippen LogP contribution is 2.09. The number of aromatic nitrogens is 3. The molecule has 0 aliphatic rings. The summed E-state index contributed by atoms with van der Waals surface area (Å²) in [6.07, 6.45) is 1.61. The van der Waals surface area contributed by atoms with Crippen LogP contribution in [0.5, 0.6) is 0 Å². The predicted octanol–water partition coefficient (Wildman–Crippen LogP) is 2.24. The van der Waals surface area contributed by atoms with E-state index in [4.69, 9.17) is 4.74 Å². The average Bonchev–Trinajstić information content (AvgIpc) is 3.05. The summed E-state index contributed by atoms with van der Waals surface area (Å²) in [6, 6.07) is 13.0. The van der Waals surface area contributed by atoms with E-state index in [-0.39, 0.29) is 12.5 Å². The molecule has 2 heterocycles. The zero-order chi connectivity index (χ0) is 18.5. The molecule has 134 valence electrons. The van der Waals surface area contributed by atoms with E-state index in [0.29, 0.717) is 30.1 Å². The maximum Gasteiger partial charge on any atom is 0.340 e. The zero-order valence-electron chi connectivity index (χ0n) is 14.8. The SMILES string of the molecule is CCN(Cc1ccccc1)C(=O)COC(=O)c1ccc2nnc(C)n2c1. The van der Waals surface area contributed by atoms with Crippen LogP contribution in [0.15, 0.2) is 48.7 Å². The third-order valence-electron chi connectivity index (χ3n) is 4.09. The topological polar surface area (TPSA) is 76.8 Å². The first-order chi connectivity index (χ1) is 12.6. The van der Waals surface area contributed by atoms with Gasteiger partial charge in [0.05, 0.1) is 5.56 Å². The van der Waals surface area contributed by atoms with Gasteiger partial charge in [0.25, 0.3) is 5.91 Å². The minimum Gasteiger partial charge on any atom is -0.452 e. The van der Waals surface area contributed by atoms with Gasteiger partial charge in [0.1, 0.15) is 5.82 Å². The number of benzene rings is 1. The second-order valence-electron chi connectivity index (χ2n) is 5.86. The summed E-state index contributed by atoms with van der Waals surface area (Å²) in [7, 11) is 0. The van der Waals surface area contributed by atoms with Crippen LogP contribution in [0.2, 0.25) is 0 Å². The van der Waals surface area contributed by atoms with E-state index in [9.17, 15) is 9.59 Å². The lowest BCUT2D eigenvalue weighted by Gasteiger charge is -2.20. The summed E-state index contributed by atoms with van der Waals surface area (Å²) in [5.41, 5.74) is 2.03. The number of pyridine rings is 1. The Balaban J connectivity index is 1.61. The number of aryl methyl sites for hydroxylation is 1. The summed E-state index contributed by atoms with van der Waals surface area (Å²) in [6.45, 7) is 4.42. The minimum absolute atomic E-state index is 0.230. The molecular weight excluding hydrogens is 332 g/mol. The van der Waals surface area contributed by atoms with Gasteiger partial charge < -0.3 is 9.64 Å². The van der Waals surface area contributed by atoms with Crippen LogP contribution in [0.1, 0.15) is 28.7 Å². The van der Waals surface area contributed by atoms with E-state index >= 15 is 0 Å². The molecule has 3 rings (SSSR count). The Hall–Kier alpha value is -3.22. The van der Waals surface area contributed by atoms with E-state index in [1.54, 1.807) is 34.6 Å². The number of likely N-dealkylation sites (N-methyl/N-ethyl adjacent to an activating group) is 1. The molecule has 0 radical (unpaired) electrons. The maximum absolute atomic E-state index is 12.4. The van der Waals surface area contributed by atoms with Crippen molar-refractivity contribution in [2.45, 2.75) is 20.4 Å². The minimum atomic E-state index is -0.552. The van der Waals surface area contributed by atoms with Gasteiger partial charge in [0.15, 0.2) is 12.3 Å². The normalized spacial score (nSPS) is 10.7. The second kappa shape index (κ2) is 7.77. The molecule has 2 aromatic heterocycles. The summed E-state index contributed by atoms with van der Waals surface area (Å²) < 4.78 is 6.89. The van der Waals surface area contributed by atoms with Crippen LogP contribution in [-0.2, 0) is 16.1 Å². The third-order valence-corrected chi connectivity index (χ3v) is 4.09. The predicted molar refractivity (Wildman–Crippen MR) is 95.5 cm³/mol. The molecule has 3 aromatic rings. The third kappa shape index (κ3) is 3.88. The van der Waals surface area contributed by atoms with Gasteiger partial charge in [-0.2, -0.15) is 0 Å². The standard InChI is InChI=1S/C19H20N4O3/c1-3-22(11-15-7-5-4-6-8-15)18(24)13-26-19(25)16-9-10-17-21-20-14(2)23(17)12-16/h4-10,12H,3,11,13H2,1-2H3. The van der Waals surface area contributed by atoms with E-state index < -0.39 is 5.97 Å². The Kier molecular flexibility index (Phi) is 5.26. The number of fused-ring (bicyclic) bond motifs is 1. The molecule has 1 amide bonds. The fourth-order valence-electron chi connectivity index (χ4n) is 2.61. The quantitative estimate of drug-likeness (QED) is 0.636. The van der Waals surface area contributed by atoms with Gasteiger partial charge in [-0.1, -0.05) is 30.3 Å². The highest BCUT2D eigenvalue weighted by molar-refractivity contribution is 5.91. The molecule has 7 nitrogen and oxygen atoms in total. The Morgan fingerprint density at radius 3 is 2.62 bits per heavy atom. The van der Waals surface area contributed by atoms with Crippen LogP contribution < -0.4 is 0 Å². The second-order valence-corrected chi connectivity index (χ2v) is 5.86. The molecule has 0 fully saturated rings. The van der Waals surface area contributed by atoms with Crippen molar-refractivity contribution in [1.82, 2.24) is 19.5 Å². The number of ether oxygens (including phenoxy) is 1. The molecular formula is C19H20N4O3. The zero-order valence-corrected chi connectivity index (χ0v) is 14.8. The van der Waals surface area contributed by atoms with Gasteiger partial charge >= 0.3 is 5.97 Å². The first-order valence-electron chi connectivity index (χ1n) is 8.38. The lowest BCUT2D eigenvalue weighted by Crippen LogP contribution is -2.34. The van der Waals surface area contributed by atoms with E-state index in [2.05, 4.69) is 10.2 Å². The van der Waals surface area contributed by atoms with Crippen molar-refractivity contribution in [3.05, 3.63) is 65.6 Å². The maximum atomic E-state index is 12.4. The Morgan fingerprint density at radius 1 is 1.12 bits per heavy atom. The number of carbonyl (C=O) groups excluding carboxylic acids is 2. The number of rotatable bonds is 6. The van der Waals surface area contributed by atoms with E-state index in [1.807, 2.05) is 37.3 Å². The van der Waals surface area contributed by atoms with Gasteiger partial charge in [-0.3, -0.25) is 9.20 Å². The van der Waals surface area contributed by atoms with Crippen molar-refractivity contribution >= 4 is 17.5 Å². The number of carbonyl (C=O) groups is 2. The molecule has 0 aliphatic carbocycles. The molecule has 0 N–H and O–H groups in total. The van der Waals surface area contributed by atoms with E-state index in [1.165, 1.54) is 0 Å². The largest absolute Gasteiger partial charge is 0.452 e. The molecule has 0 aliphatic heterocycles. The Bertz CT molecular complexity index is 921. The number of nitrogens with zero attached hydrogens (tertiary/aromatic N) is 4. The van der Waals surface area contributed by atoms with Gasteiger partial charge in [0.2, 0.25) is 0 Å². The van der Waals surface area contributed by atoms with Crippen LogP contribution in [0.4, 0.5) is 0 Å². The summed E-state index contributed by atoms with van der Waals surface area (Å²) >= 11 is 0.